The molecule has 18 heteroatoms. The molecule has 82 heavy (non-hydrogen) atoms. The average molecular weight is 1190 g/mol. The Hall–Kier alpha value is -5.10. The minimum Gasteiger partial charge on any atom is -0.490 e. The molecule has 10 aliphatic rings. The molecule has 6 aliphatic carbocycles. The number of anilines is 2. The lowest BCUT2D eigenvalue weighted by Crippen LogP contribution is -2.49. The second kappa shape index (κ2) is 22.1. The van der Waals surface area contributed by atoms with E-state index in [1.54, 1.807) is 26.4 Å². The lowest BCUT2D eigenvalue weighted by molar-refractivity contribution is 0.0131. The van der Waals surface area contributed by atoms with E-state index < -0.39 is 42.4 Å². The lowest BCUT2D eigenvalue weighted by Gasteiger charge is -2.46. The predicted molar refractivity (Wildman–Crippen MR) is 319 cm³/mol. The number of amides is 2. The fourth-order valence-electron chi connectivity index (χ4n) is 15.4. The topological polar surface area (TPSA) is 170 Å². The Morgan fingerprint density at radius 3 is 1.41 bits per heavy atom. The number of carbonyl (C=O) groups excluding carboxylic acids is 2. The molecule has 4 saturated carbocycles. The second-order valence-electron chi connectivity index (χ2n) is 25.3. The molecule has 436 valence electrons. The molecule has 2 spiro atoms. The van der Waals surface area contributed by atoms with E-state index >= 15 is 0 Å². The van der Waals surface area contributed by atoms with Gasteiger partial charge in [0, 0.05) is 72.4 Å². The normalized spacial score (nSPS) is 34.5. The number of rotatable bonds is 2. The summed E-state index contributed by atoms with van der Waals surface area (Å²) >= 11 is 12.8. The van der Waals surface area contributed by atoms with Gasteiger partial charge >= 0.3 is 0 Å². The molecule has 0 aromatic heterocycles. The Balaban J connectivity index is 0.000000154. The summed E-state index contributed by atoms with van der Waals surface area (Å²) in [4.78, 5) is 31.3. The summed E-state index contributed by atoms with van der Waals surface area (Å²) in [5, 5.41) is 0.425. The number of nitrogens with one attached hydrogen (secondary N) is 2. The fraction of sp³-hybridized carbons (Fsp3) is 0.531. The van der Waals surface area contributed by atoms with E-state index in [0.29, 0.717) is 73.7 Å². The number of aryl methyl sites for hydroxylation is 2. The lowest BCUT2D eigenvalue weighted by atomic mass is 9.68. The van der Waals surface area contributed by atoms with Crippen LogP contribution in [0, 0.1) is 35.5 Å². The third kappa shape index (κ3) is 10.8. The van der Waals surface area contributed by atoms with Gasteiger partial charge in [0.25, 0.3) is 11.8 Å². The first kappa shape index (κ1) is 56.1. The zero-order chi connectivity index (χ0) is 56.7. The van der Waals surface area contributed by atoms with Gasteiger partial charge in [0.15, 0.2) is 0 Å². The number of ether oxygens (including phenoxy) is 4. The number of sulfonamides is 2. The standard InChI is InChI=1S/2C32H37ClN2O5S/c2*1-39-28-6-2-4-21-16-30(21)41(37,38)34-31(36)22-8-12-29-27(15-22)35(17-23-7-10-25(23)28)18-32(19-40-29)13-3-5-20-14-24(33)9-11-26(20)32/h2*2,6,8-9,11-12,14-15,21,23,25,28,30H,3-5,7,10,13,16-19H2,1H3,(H,34,36)/b2*6-2+/t21-,23+,25-,28+,30-,32+;21-,23-,25+,28-,30-,32-/m10/s1. The van der Waals surface area contributed by atoms with Crippen molar-refractivity contribution in [3.63, 3.8) is 0 Å². The molecule has 4 aromatic carbocycles. The van der Waals surface area contributed by atoms with Crippen molar-refractivity contribution >= 4 is 66.4 Å². The highest BCUT2D eigenvalue weighted by Crippen LogP contribution is 2.50. The van der Waals surface area contributed by atoms with Crippen LogP contribution in [0.25, 0.3) is 0 Å². The number of halogens is 2. The minimum atomic E-state index is -3.76. The number of methoxy groups -OCH3 is 2. The molecule has 4 bridgehead atoms. The fourth-order valence-corrected chi connectivity index (χ4v) is 19.1. The van der Waals surface area contributed by atoms with Gasteiger partial charge in [0.2, 0.25) is 20.0 Å². The summed E-state index contributed by atoms with van der Waals surface area (Å²) in [6.45, 7) is 4.19. The van der Waals surface area contributed by atoms with E-state index in [9.17, 15) is 26.4 Å². The third-order valence-corrected chi connectivity index (χ3v) is 24.5. The summed E-state index contributed by atoms with van der Waals surface area (Å²) < 4.78 is 81.9. The first-order valence-electron chi connectivity index (χ1n) is 29.6. The van der Waals surface area contributed by atoms with Gasteiger partial charge in [-0.25, -0.2) is 26.3 Å². The van der Waals surface area contributed by atoms with Gasteiger partial charge in [0.1, 0.15) is 11.5 Å². The van der Waals surface area contributed by atoms with Crippen LogP contribution < -0.4 is 28.7 Å². The van der Waals surface area contributed by atoms with Crippen molar-refractivity contribution in [1.29, 1.82) is 0 Å². The zero-order valence-corrected chi connectivity index (χ0v) is 49.8. The smallest absolute Gasteiger partial charge is 0.264 e. The highest BCUT2D eigenvalue weighted by atomic mass is 35.5. The summed E-state index contributed by atoms with van der Waals surface area (Å²) in [5.41, 5.74) is 7.06. The molecule has 4 heterocycles. The van der Waals surface area contributed by atoms with Crippen LogP contribution in [0.5, 0.6) is 11.5 Å². The average Bonchev–Trinajstić information content (AvgIpc) is 2.84. The van der Waals surface area contributed by atoms with Crippen molar-refractivity contribution in [2.75, 3.05) is 63.4 Å². The van der Waals surface area contributed by atoms with Crippen LogP contribution in [0.15, 0.2) is 97.1 Å². The number of allylic oxidation sites excluding steroid dienone is 2. The highest BCUT2D eigenvalue weighted by Gasteiger charge is 2.51. The molecular weight excluding hydrogens is 1120 g/mol. The van der Waals surface area contributed by atoms with Crippen molar-refractivity contribution in [3.05, 3.63) is 141 Å². The van der Waals surface area contributed by atoms with E-state index in [0.717, 1.165) is 123 Å². The maximum Gasteiger partial charge on any atom is 0.264 e. The molecule has 4 fully saturated rings. The minimum absolute atomic E-state index is 0.00397. The van der Waals surface area contributed by atoms with Crippen molar-refractivity contribution in [3.8, 4) is 11.5 Å². The highest BCUT2D eigenvalue weighted by molar-refractivity contribution is 7.91. The summed E-state index contributed by atoms with van der Waals surface area (Å²) in [7, 11) is -3.99. The molecule has 2 N–H and O–H groups in total. The van der Waals surface area contributed by atoms with Gasteiger partial charge in [-0.15, -0.1) is 0 Å². The number of fused-ring (bicyclic) bond motifs is 10. The van der Waals surface area contributed by atoms with Crippen LogP contribution in [0.3, 0.4) is 0 Å². The SMILES string of the molecule is CO[C@H]1/C=C/C[C@@H]2C[C@H]2S(=O)(=O)NC(=O)c2ccc3c(c2)N(C[C@@H]2CC[C@H]21)C[C@@]1(CCCc2cc(Cl)ccc21)CO3.CO[C@H]1/C=C/C[C@H]2C[C@@H]2S(=O)(=O)NC(=O)c2ccc3c(c2)N(C[C@@H]2CC[C@H]21)C[C@@]1(CCCc2cc(Cl)ccc21)CO3. The van der Waals surface area contributed by atoms with Crippen molar-refractivity contribution < 1.29 is 45.4 Å². The Labute approximate surface area is 492 Å². The predicted octanol–water partition coefficient (Wildman–Crippen LogP) is 10.5. The van der Waals surface area contributed by atoms with Gasteiger partial charge in [-0.3, -0.25) is 9.59 Å². The summed E-state index contributed by atoms with van der Waals surface area (Å²) in [6.07, 6.45) is 21.4. The van der Waals surface area contributed by atoms with E-state index in [-0.39, 0.29) is 34.9 Å². The maximum absolute atomic E-state index is 13.3. The Kier molecular flexibility index (Phi) is 15.1. The zero-order valence-electron chi connectivity index (χ0n) is 46.7. The van der Waals surface area contributed by atoms with Gasteiger partial charge in [-0.05, 0) is 208 Å². The van der Waals surface area contributed by atoms with Gasteiger partial charge in [0.05, 0.1) is 47.3 Å². The Bertz CT molecular complexity index is 3240. The monoisotopic (exact) mass is 1190 g/mol. The number of hydrogen-bond donors (Lipinski definition) is 2. The third-order valence-electron chi connectivity index (χ3n) is 20.4. The van der Waals surface area contributed by atoms with Crippen molar-refractivity contribution in [2.45, 2.75) is 123 Å². The first-order chi connectivity index (χ1) is 39.5. The van der Waals surface area contributed by atoms with Crippen LogP contribution in [0.4, 0.5) is 11.4 Å². The van der Waals surface area contributed by atoms with E-state index in [4.69, 9.17) is 42.1 Å². The summed E-state index contributed by atoms with van der Waals surface area (Å²) in [6, 6.07) is 23.1. The molecule has 0 saturated heterocycles. The van der Waals surface area contributed by atoms with Gasteiger partial charge in [-0.2, -0.15) is 0 Å². The molecule has 0 radical (unpaired) electrons. The van der Waals surface area contributed by atoms with E-state index in [2.05, 4.69) is 67.8 Å². The summed E-state index contributed by atoms with van der Waals surface area (Å²) in [5.74, 6) is 1.97. The molecule has 14 nitrogen and oxygen atoms in total. The van der Waals surface area contributed by atoms with Crippen LogP contribution >= 0.6 is 23.2 Å². The van der Waals surface area contributed by atoms with Crippen LogP contribution in [0.2, 0.25) is 10.0 Å². The number of benzene rings is 4. The number of hydrogen-bond acceptors (Lipinski definition) is 12. The van der Waals surface area contributed by atoms with Gasteiger partial charge < -0.3 is 28.7 Å². The number of carbonyl (C=O) groups is 2. The quantitative estimate of drug-likeness (QED) is 0.182. The molecular formula is C64H74Cl2N4O10S2. The molecule has 2 amide bonds. The largest absolute Gasteiger partial charge is 0.490 e. The Morgan fingerprint density at radius 2 is 1.01 bits per heavy atom. The molecule has 12 atom stereocenters. The first-order valence-corrected chi connectivity index (χ1v) is 33.5. The van der Waals surface area contributed by atoms with Crippen LogP contribution in [0.1, 0.15) is 120 Å². The van der Waals surface area contributed by atoms with E-state index in [1.165, 1.54) is 22.3 Å². The molecule has 4 aromatic rings. The van der Waals surface area contributed by atoms with Crippen LogP contribution in [-0.4, -0.2) is 105 Å². The van der Waals surface area contributed by atoms with E-state index in [1.807, 2.05) is 36.4 Å². The maximum atomic E-state index is 13.3. The molecule has 4 aliphatic heterocycles. The van der Waals surface area contributed by atoms with Crippen molar-refractivity contribution in [1.82, 2.24) is 9.44 Å². The Morgan fingerprint density at radius 1 is 0.573 bits per heavy atom. The number of nitrogens with zero attached hydrogens (tertiary/aromatic N) is 2. The van der Waals surface area contributed by atoms with Crippen LogP contribution in [-0.2, 0) is 53.2 Å². The van der Waals surface area contributed by atoms with Gasteiger partial charge in [-0.1, -0.05) is 59.6 Å². The van der Waals surface area contributed by atoms with Crippen molar-refractivity contribution in [2.24, 2.45) is 35.5 Å². The molecule has 0 unspecified atom stereocenters. The molecule has 14 rings (SSSR count). The second-order valence-corrected chi connectivity index (χ2v) is 30.0.